The molecule has 1 aromatic heterocycles. The van der Waals surface area contributed by atoms with Crippen LogP contribution >= 0.6 is 0 Å². The van der Waals surface area contributed by atoms with Crippen LogP contribution < -0.4 is 0 Å². The molecule has 0 bridgehead atoms. The van der Waals surface area contributed by atoms with Crippen LogP contribution in [-0.4, -0.2) is 49.4 Å². The number of furan rings is 1. The van der Waals surface area contributed by atoms with E-state index in [4.69, 9.17) is 4.42 Å². The van der Waals surface area contributed by atoms with Crippen LogP contribution in [0.25, 0.3) is 0 Å². The Morgan fingerprint density at radius 1 is 1.24 bits per heavy atom. The van der Waals surface area contributed by atoms with Gasteiger partial charge in [-0.15, -0.1) is 0 Å². The average Bonchev–Trinajstić information content (AvgIpc) is 2.89. The first-order valence-corrected chi connectivity index (χ1v) is 8.98. The third-order valence-corrected chi connectivity index (χ3v) is 4.23. The topological polar surface area (TPSA) is 70.8 Å². The highest BCUT2D eigenvalue weighted by atomic mass is 32.2. The Bertz CT molecular complexity index is 519. The molecular formula is C14H24N2O4S. The van der Waals surface area contributed by atoms with Crippen molar-refractivity contribution in [3.05, 3.63) is 24.2 Å². The zero-order valence-corrected chi connectivity index (χ0v) is 13.7. The lowest BCUT2D eigenvalue weighted by atomic mass is 10.3. The first-order chi connectivity index (χ1) is 9.88. The van der Waals surface area contributed by atoms with E-state index in [1.165, 1.54) is 6.26 Å². The fraction of sp³-hybridized carbons (Fsp3) is 0.643. The van der Waals surface area contributed by atoms with E-state index in [0.29, 0.717) is 18.8 Å². The lowest BCUT2D eigenvalue weighted by Crippen LogP contribution is -2.42. The predicted molar refractivity (Wildman–Crippen MR) is 81.1 cm³/mol. The third kappa shape index (κ3) is 5.89. The Labute approximate surface area is 126 Å². The average molecular weight is 316 g/mol. The molecule has 1 aromatic rings. The minimum Gasteiger partial charge on any atom is -0.468 e. The van der Waals surface area contributed by atoms with Crippen molar-refractivity contribution >= 4 is 15.9 Å². The van der Waals surface area contributed by atoms with Crippen LogP contribution in [0, 0.1) is 0 Å². The fourth-order valence-electron chi connectivity index (χ4n) is 2.02. The van der Waals surface area contributed by atoms with Gasteiger partial charge in [0.1, 0.15) is 5.76 Å². The summed E-state index contributed by atoms with van der Waals surface area (Å²) in [4.78, 5) is 14.0. The summed E-state index contributed by atoms with van der Waals surface area (Å²) in [5.74, 6) is 0.349. The molecule has 0 aliphatic carbocycles. The normalized spacial score (nSPS) is 11.8. The van der Waals surface area contributed by atoms with Gasteiger partial charge in [0.05, 0.1) is 25.6 Å². The van der Waals surface area contributed by atoms with Gasteiger partial charge >= 0.3 is 0 Å². The molecule has 0 atom stereocenters. The number of sulfonamides is 1. The lowest BCUT2D eigenvalue weighted by Gasteiger charge is -2.25. The molecule has 0 fully saturated rings. The number of rotatable bonds is 9. The van der Waals surface area contributed by atoms with Gasteiger partial charge in [-0.05, 0) is 25.0 Å². The monoisotopic (exact) mass is 316 g/mol. The smallest absolute Gasteiger partial charge is 0.237 e. The molecule has 21 heavy (non-hydrogen) atoms. The van der Waals surface area contributed by atoms with Crippen molar-refractivity contribution in [3.63, 3.8) is 0 Å². The summed E-state index contributed by atoms with van der Waals surface area (Å²) in [5, 5.41) is 0. The van der Waals surface area contributed by atoms with E-state index in [1.54, 1.807) is 17.0 Å². The zero-order valence-electron chi connectivity index (χ0n) is 12.9. The number of amides is 1. The Balaban J connectivity index is 2.78. The van der Waals surface area contributed by atoms with Crippen LogP contribution in [0.15, 0.2) is 22.8 Å². The van der Waals surface area contributed by atoms with Gasteiger partial charge in [-0.25, -0.2) is 8.42 Å². The summed E-state index contributed by atoms with van der Waals surface area (Å²) in [6, 6.07) is 3.39. The first-order valence-electron chi connectivity index (χ1n) is 7.13. The molecule has 0 saturated heterocycles. The van der Waals surface area contributed by atoms with E-state index in [-0.39, 0.29) is 19.0 Å². The molecule has 7 heteroatoms. The van der Waals surface area contributed by atoms with E-state index in [9.17, 15) is 13.2 Å². The van der Waals surface area contributed by atoms with Gasteiger partial charge in [-0.2, -0.15) is 4.31 Å². The molecule has 0 spiro atoms. The predicted octanol–water partition coefficient (Wildman–Crippen LogP) is 1.69. The van der Waals surface area contributed by atoms with E-state index in [1.807, 2.05) is 13.8 Å². The van der Waals surface area contributed by atoms with E-state index in [0.717, 1.165) is 23.4 Å². The summed E-state index contributed by atoms with van der Waals surface area (Å²) in [5.41, 5.74) is 0. The van der Waals surface area contributed by atoms with Crippen LogP contribution in [0.1, 0.15) is 32.4 Å². The van der Waals surface area contributed by atoms with Gasteiger partial charge in [-0.3, -0.25) is 4.79 Å². The second-order valence-electron chi connectivity index (χ2n) is 4.99. The number of hydrogen-bond donors (Lipinski definition) is 0. The molecule has 0 unspecified atom stereocenters. The minimum atomic E-state index is -3.47. The van der Waals surface area contributed by atoms with Crippen LogP contribution in [0.3, 0.4) is 0 Å². The van der Waals surface area contributed by atoms with Gasteiger partial charge in [0, 0.05) is 13.1 Å². The Morgan fingerprint density at radius 2 is 1.86 bits per heavy atom. The van der Waals surface area contributed by atoms with Gasteiger partial charge < -0.3 is 9.32 Å². The molecule has 0 aliphatic heterocycles. The Hall–Kier alpha value is -1.34. The summed E-state index contributed by atoms with van der Waals surface area (Å²) < 4.78 is 30.0. The fourth-order valence-corrected chi connectivity index (χ4v) is 2.73. The second-order valence-corrected chi connectivity index (χ2v) is 6.97. The highest BCUT2D eigenvalue weighted by molar-refractivity contribution is 7.88. The molecule has 120 valence electrons. The number of carbonyl (C=O) groups is 1. The molecule has 0 N–H and O–H groups in total. The largest absolute Gasteiger partial charge is 0.468 e. The van der Waals surface area contributed by atoms with Crippen LogP contribution in [0.4, 0.5) is 0 Å². The minimum absolute atomic E-state index is 0.0731. The molecule has 6 nitrogen and oxygen atoms in total. The quantitative estimate of drug-likeness (QED) is 0.695. The van der Waals surface area contributed by atoms with Crippen molar-refractivity contribution in [2.45, 2.75) is 33.2 Å². The van der Waals surface area contributed by atoms with E-state index < -0.39 is 10.0 Å². The lowest BCUT2D eigenvalue weighted by molar-refractivity contribution is -0.131. The van der Waals surface area contributed by atoms with Crippen molar-refractivity contribution < 1.29 is 17.6 Å². The molecule has 1 heterocycles. The van der Waals surface area contributed by atoms with E-state index >= 15 is 0 Å². The summed E-state index contributed by atoms with van der Waals surface area (Å²) in [7, 11) is -3.47. The summed E-state index contributed by atoms with van der Waals surface area (Å²) in [6.07, 6.45) is 4.29. The molecular weight excluding hydrogens is 292 g/mol. The Morgan fingerprint density at radius 3 is 2.29 bits per heavy atom. The maximum Gasteiger partial charge on any atom is 0.237 e. The molecule has 0 aromatic carbocycles. The van der Waals surface area contributed by atoms with Gasteiger partial charge in [0.25, 0.3) is 0 Å². The highest BCUT2D eigenvalue weighted by Crippen LogP contribution is 2.10. The van der Waals surface area contributed by atoms with Crippen LogP contribution in [-0.2, 0) is 21.4 Å². The van der Waals surface area contributed by atoms with Gasteiger partial charge in [-0.1, -0.05) is 13.8 Å². The van der Waals surface area contributed by atoms with Crippen molar-refractivity contribution in [2.24, 2.45) is 0 Å². The van der Waals surface area contributed by atoms with Crippen molar-refractivity contribution in [3.8, 4) is 0 Å². The highest BCUT2D eigenvalue weighted by Gasteiger charge is 2.24. The number of hydrogen-bond acceptors (Lipinski definition) is 4. The summed E-state index contributed by atoms with van der Waals surface area (Å²) >= 11 is 0. The SMILES string of the molecule is CCCN(CCC)C(=O)CN(Cc1ccco1)S(C)(=O)=O. The molecule has 0 aliphatic rings. The molecule has 1 rings (SSSR count). The van der Waals surface area contributed by atoms with Gasteiger partial charge in [0.15, 0.2) is 0 Å². The van der Waals surface area contributed by atoms with Crippen LogP contribution in [0.5, 0.6) is 0 Å². The maximum absolute atomic E-state index is 12.3. The van der Waals surface area contributed by atoms with Crippen molar-refractivity contribution in [2.75, 3.05) is 25.9 Å². The Kier molecular flexibility index (Phi) is 6.91. The molecule has 0 radical (unpaired) electrons. The number of carbonyl (C=O) groups excluding carboxylic acids is 1. The standard InChI is InChI=1S/C14H24N2O4S/c1-4-8-15(9-5-2)14(17)12-16(21(3,18)19)11-13-7-6-10-20-13/h6-7,10H,4-5,8-9,11-12H2,1-3H3. The zero-order chi connectivity index (χ0) is 15.9. The maximum atomic E-state index is 12.3. The molecule has 1 amide bonds. The summed E-state index contributed by atoms with van der Waals surface area (Å²) in [6.45, 7) is 5.19. The second kappa shape index (κ2) is 8.19. The first kappa shape index (κ1) is 17.7. The number of nitrogens with zero attached hydrogens (tertiary/aromatic N) is 2. The van der Waals surface area contributed by atoms with Crippen molar-refractivity contribution in [1.29, 1.82) is 0 Å². The van der Waals surface area contributed by atoms with Crippen LogP contribution in [0.2, 0.25) is 0 Å². The van der Waals surface area contributed by atoms with E-state index in [2.05, 4.69) is 0 Å². The third-order valence-electron chi connectivity index (χ3n) is 3.03. The van der Waals surface area contributed by atoms with Crippen molar-refractivity contribution in [1.82, 2.24) is 9.21 Å². The molecule has 0 saturated carbocycles. The van der Waals surface area contributed by atoms with Gasteiger partial charge in [0.2, 0.25) is 15.9 Å².